The second-order valence-corrected chi connectivity index (χ2v) is 4.70. The summed E-state index contributed by atoms with van der Waals surface area (Å²) in [7, 11) is 4.99. The number of ether oxygens (including phenoxy) is 3. The number of anilines is 1. The molecule has 4 heteroatoms. The van der Waals surface area contributed by atoms with Crippen molar-refractivity contribution in [1.82, 2.24) is 0 Å². The van der Waals surface area contributed by atoms with Gasteiger partial charge in [0.25, 0.3) is 0 Å². The first kappa shape index (κ1) is 15.0. The van der Waals surface area contributed by atoms with Crippen molar-refractivity contribution in [2.24, 2.45) is 0 Å². The lowest BCUT2D eigenvalue weighted by molar-refractivity contribution is 0.397. The molecule has 0 heterocycles. The Balaban J connectivity index is 2.20. The maximum atomic E-state index is 5.42. The standard InChI is InChI=1S/C17H21NO3/c1-12(18-13-5-7-14(19-2)8-6-13)16-11-15(20-3)9-10-17(16)21-4/h5-12,18H,1-4H3. The lowest BCUT2D eigenvalue weighted by atomic mass is 10.1. The molecule has 0 aliphatic rings. The summed E-state index contributed by atoms with van der Waals surface area (Å²) in [6, 6.07) is 13.7. The number of hydrogen-bond donors (Lipinski definition) is 1. The Hall–Kier alpha value is -2.36. The van der Waals surface area contributed by atoms with Crippen LogP contribution in [0.15, 0.2) is 42.5 Å². The summed E-state index contributed by atoms with van der Waals surface area (Å²) in [5.41, 5.74) is 2.07. The van der Waals surface area contributed by atoms with Crippen LogP contribution in [-0.4, -0.2) is 21.3 Å². The van der Waals surface area contributed by atoms with Gasteiger partial charge in [-0.05, 0) is 49.4 Å². The number of rotatable bonds is 6. The average molecular weight is 287 g/mol. The van der Waals surface area contributed by atoms with Gasteiger partial charge < -0.3 is 19.5 Å². The minimum atomic E-state index is 0.0865. The zero-order chi connectivity index (χ0) is 15.2. The lowest BCUT2D eigenvalue weighted by Crippen LogP contribution is -2.08. The topological polar surface area (TPSA) is 39.7 Å². The van der Waals surface area contributed by atoms with Crippen molar-refractivity contribution in [2.75, 3.05) is 26.6 Å². The van der Waals surface area contributed by atoms with E-state index in [-0.39, 0.29) is 6.04 Å². The maximum absolute atomic E-state index is 5.42. The Labute approximate surface area is 125 Å². The van der Waals surface area contributed by atoms with Gasteiger partial charge in [-0.3, -0.25) is 0 Å². The molecule has 2 rings (SSSR count). The summed E-state index contributed by atoms with van der Waals surface area (Å²) in [6.07, 6.45) is 0. The Morgan fingerprint density at radius 2 is 1.43 bits per heavy atom. The maximum Gasteiger partial charge on any atom is 0.124 e. The van der Waals surface area contributed by atoms with Gasteiger partial charge in [-0.2, -0.15) is 0 Å². The van der Waals surface area contributed by atoms with E-state index < -0.39 is 0 Å². The van der Waals surface area contributed by atoms with Crippen LogP contribution in [0.5, 0.6) is 17.2 Å². The molecule has 0 amide bonds. The smallest absolute Gasteiger partial charge is 0.124 e. The van der Waals surface area contributed by atoms with Crippen LogP contribution in [0, 0.1) is 0 Å². The molecule has 0 aromatic heterocycles. The molecule has 0 fully saturated rings. The highest BCUT2D eigenvalue weighted by atomic mass is 16.5. The quantitative estimate of drug-likeness (QED) is 0.875. The van der Waals surface area contributed by atoms with Crippen molar-refractivity contribution < 1.29 is 14.2 Å². The summed E-state index contributed by atoms with van der Waals surface area (Å²) in [5, 5.41) is 3.44. The van der Waals surface area contributed by atoms with Crippen LogP contribution in [0.2, 0.25) is 0 Å². The van der Waals surface area contributed by atoms with Crippen LogP contribution >= 0.6 is 0 Å². The highest BCUT2D eigenvalue weighted by Crippen LogP contribution is 2.31. The fourth-order valence-electron chi connectivity index (χ4n) is 2.19. The minimum absolute atomic E-state index is 0.0865. The molecule has 2 aromatic carbocycles. The zero-order valence-electron chi connectivity index (χ0n) is 12.8. The van der Waals surface area contributed by atoms with Crippen LogP contribution in [-0.2, 0) is 0 Å². The summed E-state index contributed by atoms with van der Waals surface area (Å²) in [4.78, 5) is 0. The SMILES string of the molecule is COc1ccc(NC(C)c2cc(OC)ccc2OC)cc1. The van der Waals surface area contributed by atoms with E-state index in [1.165, 1.54) is 0 Å². The summed E-state index contributed by atoms with van der Waals surface area (Å²) >= 11 is 0. The van der Waals surface area contributed by atoms with E-state index in [4.69, 9.17) is 14.2 Å². The minimum Gasteiger partial charge on any atom is -0.497 e. The van der Waals surface area contributed by atoms with Gasteiger partial charge in [-0.25, -0.2) is 0 Å². The van der Waals surface area contributed by atoms with Crippen LogP contribution in [0.1, 0.15) is 18.5 Å². The lowest BCUT2D eigenvalue weighted by Gasteiger charge is -2.19. The second-order valence-electron chi connectivity index (χ2n) is 4.70. The highest BCUT2D eigenvalue weighted by molar-refractivity contribution is 5.51. The molecule has 2 aromatic rings. The molecule has 4 nitrogen and oxygen atoms in total. The third-order valence-corrected chi connectivity index (χ3v) is 3.38. The van der Waals surface area contributed by atoms with Gasteiger partial charge in [0.05, 0.1) is 27.4 Å². The molecule has 0 spiro atoms. The van der Waals surface area contributed by atoms with Gasteiger partial charge in [0.15, 0.2) is 0 Å². The van der Waals surface area contributed by atoms with Gasteiger partial charge >= 0.3 is 0 Å². The molecule has 0 radical (unpaired) electrons. The molecule has 1 unspecified atom stereocenters. The van der Waals surface area contributed by atoms with Crippen molar-refractivity contribution in [3.05, 3.63) is 48.0 Å². The molecule has 112 valence electrons. The molecule has 1 atom stereocenters. The van der Waals surface area contributed by atoms with Gasteiger partial charge in [0.2, 0.25) is 0 Å². The van der Waals surface area contributed by atoms with Crippen molar-refractivity contribution >= 4 is 5.69 Å². The van der Waals surface area contributed by atoms with E-state index in [9.17, 15) is 0 Å². The van der Waals surface area contributed by atoms with E-state index >= 15 is 0 Å². The monoisotopic (exact) mass is 287 g/mol. The first-order valence-corrected chi connectivity index (χ1v) is 6.80. The second kappa shape index (κ2) is 6.88. The third kappa shape index (κ3) is 3.60. The fraction of sp³-hybridized carbons (Fsp3) is 0.294. The van der Waals surface area contributed by atoms with E-state index in [1.807, 2.05) is 42.5 Å². The van der Waals surface area contributed by atoms with Gasteiger partial charge in [-0.1, -0.05) is 0 Å². The number of benzene rings is 2. The summed E-state index contributed by atoms with van der Waals surface area (Å²) in [5.74, 6) is 2.49. The van der Waals surface area contributed by atoms with Crippen LogP contribution < -0.4 is 19.5 Å². The van der Waals surface area contributed by atoms with Crippen LogP contribution in [0.3, 0.4) is 0 Å². The molecule has 0 aliphatic carbocycles. The fourth-order valence-corrected chi connectivity index (χ4v) is 2.19. The highest BCUT2D eigenvalue weighted by Gasteiger charge is 2.12. The largest absolute Gasteiger partial charge is 0.497 e. The number of nitrogens with one attached hydrogen (secondary N) is 1. The number of hydrogen-bond acceptors (Lipinski definition) is 4. The Morgan fingerprint density at radius 1 is 0.810 bits per heavy atom. The van der Waals surface area contributed by atoms with Gasteiger partial charge in [0, 0.05) is 11.3 Å². The normalized spacial score (nSPS) is 11.6. The average Bonchev–Trinajstić information content (AvgIpc) is 2.54. The van der Waals surface area contributed by atoms with Crippen LogP contribution in [0.4, 0.5) is 5.69 Å². The van der Waals surface area contributed by atoms with Gasteiger partial charge in [-0.15, -0.1) is 0 Å². The predicted molar refractivity (Wildman–Crippen MR) is 84.6 cm³/mol. The van der Waals surface area contributed by atoms with Crippen LogP contribution in [0.25, 0.3) is 0 Å². The Bertz CT molecular complexity index is 581. The van der Waals surface area contributed by atoms with E-state index in [0.717, 1.165) is 28.5 Å². The predicted octanol–water partition coefficient (Wildman–Crippen LogP) is 3.89. The molecule has 21 heavy (non-hydrogen) atoms. The van der Waals surface area contributed by atoms with Crippen molar-refractivity contribution in [3.8, 4) is 17.2 Å². The Morgan fingerprint density at radius 3 is 2.00 bits per heavy atom. The van der Waals surface area contributed by atoms with E-state index in [0.29, 0.717) is 0 Å². The molecule has 1 N–H and O–H groups in total. The van der Waals surface area contributed by atoms with Crippen molar-refractivity contribution in [3.63, 3.8) is 0 Å². The molecular weight excluding hydrogens is 266 g/mol. The third-order valence-electron chi connectivity index (χ3n) is 3.38. The Kier molecular flexibility index (Phi) is 4.93. The summed E-state index contributed by atoms with van der Waals surface area (Å²) in [6.45, 7) is 2.08. The van der Waals surface area contributed by atoms with Crippen molar-refractivity contribution in [1.29, 1.82) is 0 Å². The van der Waals surface area contributed by atoms with Gasteiger partial charge in [0.1, 0.15) is 17.2 Å². The van der Waals surface area contributed by atoms with E-state index in [2.05, 4.69) is 12.2 Å². The zero-order valence-corrected chi connectivity index (χ0v) is 12.8. The first-order valence-electron chi connectivity index (χ1n) is 6.80. The molecule has 0 saturated carbocycles. The summed E-state index contributed by atoms with van der Waals surface area (Å²) < 4.78 is 15.9. The first-order chi connectivity index (χ1) is 10.2. The molecule has 0 bridgehead atoms. The van der Waals surface area contributed by atoms with Crippen molar-refractivity contribution in [2.45, 2.75) is 13.0 Å². The van der Waals surface area contributed by atoms with E-state index in [1.54, 1.807) is 21.3 Å². The molecule has 0 aliphatic heterocycles. The molecular formula is C17H21NO3. The molecule has 0 saturated heterocycles. The number of methoxy groups -OCH3 is 3.